The van der Waals surface area contributed by atoms with Crippen LogP contribution in [0, 0.1) is 13.8 Å². The summed E-state index contributed by atoms with van der Waals surface area (Å²) in [5.74, 6) is 2.22. The number of carbonyl (C=O) groups excluding carboxylic acids is 1. The van der Waals surface area contributed by atoms with Crippen molar-refractivity contribution < 1.29 is 25.2 Å². The van der Waals surface area contributed by atoms with Crippen molar-refractivity contribution in [3.63, 3.8) is 0 Å². The van der Waals surface area contributed by atoms with Crippen LogP contribution in [0.25, 0.3) is 44.6 Å². The number of ketones is 1. The highest BCUT2D eigenvalue weighted by molar-refractivity contribution is 5.94. The van der Waals surface area contributed by atoms with E-state index in [2.05, 4.69) is 19.6 Å². The highest BCUT2D eigenvalue weighted by Gasteiger charge is 2.45. The first-order chi connectivity index (χ1) is 33.1. The van der Waals surface area contributed by atoms with Gasteiger partial charge in [0, 0.05) is 63.1 Å². The summed E-state index contributed by atoms with van der Waals surface area (Å²) < 4.78 is 0. The fraction of sp³-hybridized carbons (Fsp3) is 0.255. The zero-order valence-corrected chi connectivity index (χ0v) is 38.1. The van der Waals surface area contributed by atoms with Crippen molar-refractivity contribution in [2.45, 2.75) is 38.1 Å². The summed E-state index contributed by atoms with van der Waals surface area (Å²) in [7, 11) is 0. The Bertz CT molecular complexity index is 2880. The maximum atomic E-state index is 15.7. The molecule has 2 aromatic heterocycles. The van der Waals surface area contributed by atoms with E-state index in [1.54, 1.807) is 24.3 Å². The molecule has 6 aromatic carbocycles. The number of Topliss-reactive ketones (excluding diaryl/α,β-unsaturated/α-hetero) is 1. The zero-order chi connectivity index (χ0) is 46.9. The average Bonchev–Trinajstić information content (AvgIpc) is 3.37. The molecule has 13 nitrogen and oxygen atoms in total. The van der Waals surface area contributed by atoms with Gasteiger partial charge in [0.2, 0.25) is 0 Å². The summed E-state index contributed by atoms with van der Waals surface area (Å²) in [6.07, 6.45) is -2.39. The van der Waals surface area contributed by atoms with Crippen molar-refractivity contribution in [3.05, 3.63) is 168 Å². The molecule has 0 amide bonds. The van der Waals surface area contributed by atoms with Crippen molar-refractivity contribution in [1.29, 1.82) is 0 Å². The lowest BCUT2D eigenvalue weighted by atomic mass is 9.87. The van der Waals surface area contributed by atoms with E-state index < -0.39 is 24.3 Å². The van der Waals surface area contributed by atoms with E-state index in [1.165, 1.54) is 0 Å². The third kappa shape index (κ3) is 8.84. The smallest absolute Gasteiger partial charge is 0.173 e. The number of aliphatic hydroxyl groups is 2. The Balaban J connectivity index is 0.968. The summed E-state index contributed by atoms with van der Waals surface area (Å²) >= 11 is 0. The SMILES string of the molecule is Cc1ccc2c(N3CCN(C(C(=O)C([C@@H](O)c4ccccc4)N4CCN(c5nc(-c6ccccc6O)nc6cc(C)ccc56)CC4)[C@@H](O)c4ccccc4)CC3)nc(-c3ccccc3O)nc2c1. The fourth-order valence-electron chi connectivity index (χ4n) is 9.83. The molecule has 2 unspecified atom stereocenters. The van der Waals surface area contributed by atoms with E-state index in [-0.39, 0.29) is 17.3 Å². The molecule has 2 aliphatic rings. The van der Waals surface area contributed by atoms with Crippen molar-refractivity contribution in [3.8, 4) is 34.3 Å². The number of hydrogen-bond donors (Lipinski definition) is 4. The molecule has 0 bridgehead atoms. The summed E-state index contributed by atoms with van der Waals surface area (Å²) in [5, 5.41) is 48.2. The van der Waals surface area contributed by atoms with Gasteiger partial charge in [0.1, 0.15) is 47.4 Å². The molecule has 8 aromatic rings. The number of hydrogen-bond acceptors (Lipinski definition) is 13. The number of rotatable bonds is 12. The highest BCUT2D eigenvalue weighted by Crippen LogP contribution is 2.37. The standard InChI is InChI=1S/C55H54N8O5/c1-35-21-23-39-43(33-35)56-52(41-17-9-11-19-45(41)64)58-54(39)62-29-25-60(26-30-62)47(49(66)37-13-5-3-6-14-37)51(68)48(50(67)38-15-7-4-8-16-38)61-27-31-63(32-28-61)55-40-24-22-36(2)34-44(40)57-53(59-55)42-18-10-12-20-46(42)65/h3-24,33-34,47-50,64-67H,25-32H2,1-2H3/t47?,48?,49-,50-/m0/s1. The molecule has 4 heterocycles. The molecule has 68 heavy (non-hydrogen) atoms. The van der Waals surface area contributed by atoms with Crippen molar-refractivity contribution in [1.82, 2.24) is 29.7 Å². The molecule has 4 N–H and O–H groups in total. The van der Waals surface area contributed by atoms with Gasteiger partial charge in [-0.25, -0.2) is 19.9 Å². The Morgan fingerprint density at radius 3 is 1.22 bits per heavy atom. The fourth-order valence-corrected chi connectivity index (χ4v) is 9.83. The maximum Gasteiger partial charge on any atom is 0.173 e. The van der Waals surface area contributed by atoms with E-state index in [4.69, 9.17) is 19.9 Å². The first-order valence-corrected chi connectivity index (χ1v) is 23.2. The van der Waals surface area contributed by atoms with E-state index in [1.807, 2.05) is 135 Å². The topological polar surface area (TPSA) is 163 Å². The second-order valence-corrected chi connectivity index (χ2v) is 17.9. The predicted molar refractivity (Wildman–Crippen MR) is 266 cm³/mol. The zero-order valence-electron chi connectivity index (χ0n) is 38.1. The number of nitrogens with zero attached hydrogens (tertiary/aromatic N) is 8. The van der Waals surface area contributed by atoms with E-state index in [9.17, 15) is 20.4 Å². The molecule has 13 heteroatoms. The van der Waals surface area contributed by atoms with Gasteiger partial charge in [-0.3, -0.25) is 14.6 Å². The molecule has 2 aliphatic heterocycles. The molecular formula is C55H54N8O5. The Morgan fingerprint density at radius 1 is 0.471 bits per heavy atom. The predicted octanol–water partition coefficient (Wildman–Crippen LogP) is 7.65. The second-order valence-electron chi connectivity index (χ2n) is 17.9. The number of para-hydroxylation sites is 2. The van der Waals surface area contributed by atoms with Crippen molar-refractivity contribution >= 4 is 39.2 Å². The van der Waals surface area contributed by atoms with Gasteiger partial charge in [0.05, 0.1) is 22.2 Å². The minimum Gasteiger partial charge on any atom is -0.507 e. The van der Waals surface area contributed by atoms with Crippen LogP contribution >= 0.6 is 0 Å². The first kappa shape index (κ1) is 44.5. The van der Waals surface area contributed by atoms with Crippen LogP contribution in [0.2, 0.25) is 0 Å². The Kier molecular flexibility index (Phi) is 12.5. The Hall–Kier alpha value is -7.29. The van der Waals surface area contributed by atoms with Gasteiger partial charge in [-0.2, -0.15) is 0 Å². The van der Waals surface area contributed by atoms with Crippen LogP contribution in [0.4, 0.5) is 11.6 Å². The van der Waals surface area contributed by atoms with Crippen LogP contribution in [-0.2, 0) is 4.79 Å². The van der Waals surface area contributed by atoms with Crippen LogP contribution in [0.15, 0.2) is 146 Å². The molecule has 0 radical (unpaired) electrons. The summed E-state index contributed by atoms with van der Waals surface area (Å²) in [6, 6.07) is 42.9. The summed E-state index contributed by atoms with van der Waals surface area (Å²) in [5.41, 5.74) is 5.93. The van der Waals surface area contributed by atoms with Crippen molar-refractivity contribution in [2.75, 3.05) is 62.2 Å². The number of benzene rings is 6. The van der Waals surface area contributed by atoms with Gasteiger partial charge in [-0.15, -0.1) is 0 Å². The molecule has 2 saturated heterocycles. The number of fused-ring (bicyclic) bond motifs is 2. The van der Waals surface area contributed by atoms with Crippen LogP contribution in [0.5, 0.6) is 11.5 Å². The summed E-state index contributed by atoms with van der Waals surface area (Å²) in [4.78, 5) is 44.1. The first-order valence-electron chi connectivity index (χ1n) is 23.2. The number of phenolic OH excluding ortho intramolecular Hbond substituents is 2. The maximum absolute atomic E-state index is 15.7. The van der Waals surface area contributed by atoms with Gasteiger partial charge in [-0.1, -0.05) is 97.1 Å². The highest BCUT2D eigenvalue weighted by atomic mass is 16.3. The van der Waals surface area contributed by atoms with Crippen LogP contribution in [0.1, 0.15) is 34.5 Å². The molecule has 344 valence electrons. The number of aromatic hydroxyl groups is 2. The second kappa shape index (κ2) is 19.1. The Labute approximate surface area is 395 Å². The lowest BCUT2D eigenvalue weighted by Gasteiger charge is -2.45. The number of piperazine rings is 2. The molecule has 0 spiro atoms. The van der Waals surface area contributed by atoms with Gasteiger partial charge >= 0.3 is 0 Å². The largest absolute Gasteiger partial charge is 0.507 e. The quantitative estimate of drug-likeness (QED) is 0.0947. The number of anilines is 2. The van der Waals surface area contributed by atoms with Gasteiger partial charge in [-0.05, 0) is 84.6 Å². The van der Waals surface area contributed by atoms with E-state index >= 15 is 4.79 Å². The van der Waals surface area contributed by atoms with Gasteiger partial charge in [0.15, 0.2) is 17.4 Å². The third-order valence-electron chi connectivity index (χ3n) is 13.4. The molecule has 2 fully saturated rings. The minimum atomic E-state index is -1.19. The van der Waals surface area contributed by atoms with Crippen LogP contribution in [-0.4, -0.2) is 120 Å². The lowest BCUT2D eigenvalue weighted by molar-refractivity contribution is -0.139. The van der Waals surface area contributed by atoms with Gasteiger partial charge < -0.3 is 30.2 Å². The van der Waals surface area contributed by atoms with Crippen molar-refractivity contribution in [2.24, 2.45) is 0 Å². The van der Waals surface area contributed by atoms with Gasteiger partial charge in [0.25, 0.3) is 0 Å². The minimum absolute atomic E-state index is 0.0936. The summed E-state index contributed by atoms with van der Waals surface area (Å²) in [6.45, 7) is 7.69. The van der Waals surface area contributed by atoms with Crippen LogP contribution in [0.3, 0.4) is 0 Å². The van der Waals surface area contributed by atoms with Crippen LogP contribution < -0.4 is 9.80 Å². The molecule has 4 atom stereocenters. The van der Waals surface area contributed by atoms with E-state index in [0.717, 1.165) is 44.6 Å². The molecular weight excluding hydrogens is 853 g/mol. The number of aliphatic hydroxyl groups excluding tert-OH is 2. The number of carbonyl (C=O) groups is 1. The number of phenols is 2. The average molecular weight is 907 g/mol. The monoisotopic (exact) mass is 906 g/mol. The number of aromatic nitrogens is 4. The normalized spacial score (nSPS) is 16.7. The third-order valence-corrected chi connectivity index (χ3v) is 13.4. The molecule has 0 aliphatic carbocycles. The number of aryl methyl sites for hydroxylation is 2. The van der Waals surface area contributed by atoms with E-state index in [0.29, 0.717) is 86.3 Å². The lowest BCUT2D eigenvalue weighted by Crippen LogP contribution is -2.61. The molecule has 10 rings (SSSR count). The molecule has 0 saturated carbocycles. The Morgan fingerprint density at radius 2 is 0.838 bits per heavy atom.